The van der Waals surface area contributed by atoms with Crippen molar-refractivity contribution < 1.29 is 4.79 Å². The zero-order chi connectivity index (χ0) is 14.7. The molecule has 2 aromatic rings. The number of rotatable bonds is 5. The first-order valence-corrected chi connectivity index (χ1v) is 7.22. The summed E-state index contributed by atoms with van der Waals surface area (Å²) in [5, 5.41) is 15.7. The first-order chi connectivity index (χ1) is 9.47. The third-order valence-electron chi connectivity index (χ3n) is 2.90. The number of nitrogens with one attached hydrogen (secondary N) is 1. The van der Waals surface area contributed by atoms with Crippen molar-refractivity contribution in [2.24, 2.45) is 14.1 Å². The summed E-state index contributed by atoms with van der Waals surface area (Å²) < 4.78 is 3.54. The van der Waals surface area contributed by atoms with E-state index >= 15 is 0 Å². The van der Waals surface area contributed by atoms with Crippen LogP contribution in [0.1, 0.15) is 24.2 Å². The van der Waals surface area contributed by atoms with E-state index in [1.54, 1.807) is 15.6 Å². The molecule has 0 saturated carbocycles. The number of hydrogen-bond acceptors (Lipinski definition) is 5. The smallest absolute Gasteiger partial charge is 0.230 e. The van der Waals surface area contributed by atoms with Crippen molar-refractivity contribution in [1.29, 1.82) is 0 Å². The van der Waals surface area contributed by atoms with E-state index in [0.717, 1.165) is 16.4 Å². The van der Waals surface area contributed by atoms with Gasteiger partial charge in [-0.05, 0) is 13.8 Å². The summed E-state index contributed by atoms with van der Waals surface area (Å²) in [4.78, 5) is 11.9. The highest BCUT2D eigenvalue weighted by Crippen LogP contribution is 2.17. The second kappa shape index (κ2) is 6.08. The summed E-state index contributed by atoms with van der Waals surface area (Å²) in [6.45, 7) is 3.89. The number of aromatic nitrogens is 5. The van der Waals surface area contributed by atoms with Gasteiger partial charge < -0.3 is 9.88 Å². The van der Waals surface area contributed by atoms with Gasteiger partial charge in [-0.15, -0.1) is 10.2 Å². The Hall–Kier alpha value is -1.83. The predicted molar refractivity (Wildman–Crippen MR) is 76.2 cm³/mol. The SMILES string of the molecule is Cc1nn(C)cc1[C@@H](C)NC(=O)CSc1nncn1C. The Bertz CT molecular complexity index is 605. The van der Waals surface area contributed by atoms with Crippen LogP contribution in [-0.4, -0.2) is 36.2 Å². The van der Waals surface area contributed by atoms with Gasteiger partial charge in [0.2, 0.25) is 5.91 Å². The van der Waals surface area contributed by atoms with E-state index in [0.29, 0.717) is 5.75 Å². The lowest BCUT2D eigenvalue weighted by Gasteiger charge is -2.12. The van der Waals surface area contributed by atoms with E-state index in [-0.39, 0.29) is 11.9 Å². The molecule has 2 heterocycles. The van der Waals surface area contributed by atoms with Crippen LogP contribution in [0.15, 0.2) is 17.7 Å². The van der Waals surface area contributed by atoms with Crippen LogP contribution < -0.4 is 5.32 Å². The van der Waals surface area contributed by atoms with Gasteiger partial charge >= 0.3 is 0 Å². The van der Waals surface area contributed by atoms with Crippen molar-refractivity contribution in [1.82, 2.24) is 29.9 Å². The van der Waals surface area contributed by atoms with Crippen molar-refractivity contribution in [3.05, 3.63) is 23.8 Å². The second-order valence-electron chi connectivity index (χ2n) is 4.65. The lowest BCUT2D eigenvalue weighted by Crippen LogP contribution is -2.28. The van der Waals surface area contributed by atoms with Crippen LogP contribution in [-0.2, 0) is 18.9 Å². The Morgan fingerprint density at radius 2 is 2.25 bits per heavy atom. The largest absolute Gasteiger partial charge is 0.349 e. The number of carbonyl (C=O) groups excluding carboxylic acids is 1. The second-order valence-corrected chi connectivity index (χ2v) is 5.59. The average molecular weight is 294 g/mol. The maximum Gasteiger partial charge on any atom is 0.230 e. The Labute approximate surface area is 121 Å². The summed E-state index contributed by atoms with van der Waals surface area (Å²) in [6, 6.07) is -0.0590. The lowest BCUT2D eigenvalue weighted by molar-refractivity contribution is -0.119. The highest BCUT2D eigenvalue weighted by atomic mass is 32.2. The van der Waals surface area contributed by atoms with Crippen molar-refractivity contribution in [2.75, 3.05) is 5.75 Å². The van der Waals surface area contributed by atoms with E-state index in [9.17, 15) is 4.79 Å². The number of nitrogens with zero attached hydrogens (tertiary/aromatic N) is 5. The molecule has 0 radical (unpaired) electrons. The van der Waals surface area contributed by atoms with E-state index in [4.69, 9.17) is 0 Å². The molecule has 2 rings (SSSR count). The molecule has 0 aliphatic heterocycles. The molecule has 8 heteroatoms. The fourth-order valence-electron chi connectivity index (χ4n) is 1.94. The predicted octanol–water partition coefficient (Wildman–Crippen LogP) is 0.827. The highest BCUT2D eigenvalue weighted by Gasteiger charge is 2.15. The summed E-state index contributed by atoms with van der Waals surface area (Å²) >= 11 is 1.36. The van der Waals surface area contributed by atoms with Crippen molar-refractivity contribution in [2.45, 2.75) is 25.0 Å². The Morgan fingerprint density at radius 1 is 1.50 bits per heavy atom. The molecule has 1 amide bonds. The molecule has 0 unspecified atom stereocenters. The van der Waals surface area contributed by atoms with Crippen molar-refractivity contribution in [3.63, 3.8) is 0 Å². The summed E-state index contributed by atoms with van der Waals surface area (Å²) in [5.41, 5.74) is 1.96. The van der Waals surface area contributed by atoms with E-state index in [2.05, 4.69) is 20.6 Å². The minimum absolute atomic E-state index is 0.0336. The van der Waals surface area contributed by atoms with Gasteiger partial charge in [0, 0.05) is 25.9 Å². The van der Waals surface area contributed by atoms with E-state index in [1.807, 2.05) is 34.1 Å². The van der Waals surface area contributed by atoms with Crippen molar-refractivity contribution in [3.8, 4) is 0 Å². The van der Waals surface area contributed by atoms with Crippen LogP contribution in [0.5, 0.6) is 0 Å². The minimum Gasteiger partial charge on any atom is -0.349 e. The molecule has 20 heavy (non-hydrogen) atoms. The van der Waals surface area contributed by atoms with Crippen LogP contribution in [0, 0.1) is 6.92 Å². The molecule has 0 bridgehead atoms. The average Bonchev–Trinajstić information content (AvgIpc) is 2.92. The number of hydrogen-bond donors (Lipinski definition) is 1. The maximum absolute atomic E-state index is 11.9. The number of thioether (sulfide) groups is 1. The fourth-order valence-corrected chi connectivity index (χ4v) is 2.64. The normalized spacial score (nSPS) is 12.4. The number of amides is 1. The van der Waals surface area contributed by atoms with Gasteiger partial charge in [-0.2, -0.15) is 5.10 Å². The zero-order valence-corrected chi connectivity index (χ0v) is 12.8. The van der Waals surface area contributed by atoms with Crippen molar-refractivity contribution >= 4 is 17.7 Å². The van der Waals surface area contributed by atoms with Gasteiger partial charge in [0.05, 0.1) is 17.5 Å². The third kappa shape index (κ3) is 3.38. The third-order valence-corrected chi connectivity index (χ3v) is 3.93. The molecule has 1 atom stereocenters. The summed E-state index contributed by atoms with van der Waals surface area (Å²) in [7, 11) is 3.72. The number of carbonyl (C=O) groups is 1. The molecule has 0 spiro atoms. The first kappa shape index (κ1) is 14.6. The molecule has 7 nitrogen and oxygen atoms in total. The van der Waals surface area contributed by atoms with Gasteiger partial charge in [0.15, 0.2) is 5.16 Å². The minimum atomic E-state index is -0.0590. The van der Waals surface area contributed by atoms with Gasteiger partial charge in [0.25, 0.3) is 0 Å². The molecule has 0 saturated heterocycles. The highest BCUT2D eigenvalue weighted by molar-refractivity contribution is 7.99. The Morgan fingerprint density at radius 3 is 2.80 bits per heavy atom. The topological polar surface area (TPSA) is 77.6 Å². The first-order valence-electron chi connectivity index (χ1n) is 6.23. The summed E-state index contributed by atoms with van der Waals surface area (Å²) in [6.07, 6.45) is 3.54. The zero-order valence-electron chi connectivity index (χ0n) is 12.0. The monoisotopic (exact) mass is 294 g/mol. The molecule has 2 aromatic heterocycles. The van der Waals surface area contributed by atoms with Crippen LogP contribution >= 0.6 is 11.8 Å². The van der Waals surface area contributed by atoms with Crippen LogP contribution in [0.3, 0.4) is 0 Å². The van der Waals surface area contributed by atoms with Gasteiger partial charge in [-0.1, -0.05) is 11.8 Å². The molecular formula is C12H18N6OS. The van der Waals surface area contributed by atoms with E-state index < -0.39 is 0 Å². The maximum atomic E-state index is 11.9. The molecule has 0 aromatic carbocycles. The van der Waals surface area contributed by atoms with Crippen LogP contribution in [0.2, 0.25) is 0 Å². The summed E-state index contributed by atoms with van der Waals surface area (Å²) in [5.74, 6) is 0.282. The van der Waals surface area contributed by atoms with Gasteiger partial charge in [-0.3, -0.25) is 9.48 Å². The molecule has 0 fully saturated rings. The van der Waals surface area contributed by atoms with Gasteiger partial charge in [0.1, 0.15) is 6.33 Å². The lowest BCUT2D eigenvalue weighted by atomic mass is 10.1. The molecule has 0 aliphatic carbocycles. The van der Waals surface area contributed by atoms with Crippen LogP contribution in [0.4, 0.5) is 0 Å². The van der Waals surface area contributed by atoms with Crippen LogP contribution in [0.25, 0.3) is 0 Å². The Kier molecular flexibility index (Phi) is 4.43. The quantitative estimate of drug-likeness (QED) is 0.826. The fraction of sp³-hybridized carbons (Fsp3) is 0.500. The number of aryl methyl sites for hydroxylation is 3. The Balaban J connectivity index is 1.88. The molecule has 108 valence electrons. The standard InChI is InChI=1S/C12H18N6OS/c1-8(10-5-18(4)16-9(10)2)14-11(19)6-20-12-15-13-7-17(12)3/h5,7-8H,6H2,1-4H3,(H,14,19)/t8-/m1/s1. The molecular weight excluding hydrogens is 276 g/mol. The van der Waals surface area contributed by atoms with E-state index in [1.165, 1.54) is 11.8 Å². The van der Waals surface area contributed by atoms with Gasteiger partial charge in [-0.25, -0.2) is 0 Å². The molecule has 0 aliphatic rings. The molecule has 1 N–H and O–H groups in total.